The van der Waals surface area contributed by atoms with Gasteiger partial charge < -0.3 is 10.2 Å². The van der Waals surface area contributed by atoms with Crippen LogP contribution in [0, 0.1) is 0 Å². The van der Waals surface area contributed by atoms with Crippen molar-refractivity contribution in [1.82, 2.24) is 0 Å². The molecule has 0 saturated heterocycles. The molecule has 0 fully saturated rings. The Labute approximate surface area is 162 Å². The highest BCUT2D eigenvalue weighted by Gasteiger charge is 2.19. The summed E-state index contributed by atoms with van der Waals surface area (Å²) in [6.07, 6.45) is 0. The fourth-order valence-electron chi connectivity index (χ4n) is 2.64. The van der Waals surface area contributed by atoms with Gasteiger partial charge in [0.25, 0.3) is 11.3 Å². The summed E-state index contributed by atoms with van der Waals surface area (Å²) in [4.78, 5) is 11.0. The minimum Gasteiger partial charge on any atom is -0.507 e. The standard InChI is InChI=1S/C19H14ClNO5S/c20-14-5-1-3-12(9-14)13-4-2-6-15(10-13)21(27(25)26)16-7-8-17(19(23)24)18(22)11-16/h1-11,22H,(H,23,24)(H,25,26). The lowest BCUT2D eigenvalue weighted by atomic mass is 10.1. The van der Waals surface area contributed by atoms with Crippen molar-refractivity contribution >= 4 is 40.2 Å². The fraction of sp³-hybridized carbons (Fsp3) is 0. The molecule has 0 aliphatic heterocycles. The molecular weight excluding hydrogens is 390 g/mol. The lowest BCUT2D eigenvalue weighted by molar-refractivity contribution is 0.0694. The maximum Gasteiger partial charge on any atom is 0.339 e. The summed E-state index contributed by atoms with van der Waals surface area (Å²) in [7, 11) is 0. The quantitative estimate of drug-likeness (QED) is 0.537. The Morgan fingerprint density at radius 1 is 0.926 bits per heavy atom. The molecule has 3 rings (SSSR count). The largest absolute Gasteiger partial charge is 0.507 e. The molecule has 0 bridgehead atoms. The topological polar surface area (TPSA) is 98.1 Å². The summed E-state index contributed by atoms with van der Waals surface area (Å²) < 4.78 is 22.8. The Kier molecular flexibility index (Phi) is 5.46. The van der Waals surface area contributed by atoms with E-state index in [-0.39, 0.29) is 11.3 Å². The van der Waals surface area contributed by atoms with Crippen molar-refractivity contribution in [2.24, 2.45) is 0 Å². The Hall–Kier alpha value is -2.87. The van der Waals surface area contributed by atoms with Crippen LogP contribution in [0.3, 0.4) is 0 Å². The molecule has 8 heteroatoms. The molecule has 0 radical (unpaired) electrons. The van der Waals surface area contributed by atoms with Gasteiger partial charge in [-0.25, -0.2) is 13.3 Å². The number of aromatic carboxylic acids is 1. The molecule has 0 amide bonds. The van der Waals surface area contributed by atoms with E-state index in [4.69, 9.17) is 16.7 Å². The molecule has 27 heavy (non-hydrogen) atoms. The third kappa shape index (κ3) is 4.11. The van der Waals surface area contributed by atoms with Crippen LogP contribution in [-0.4, -0.2) is 24.9 Å². The Balaban J connectivity index is 2.06. The third-order valence-corrected chi connectivity index (χ3v) is 4.81. The van der Waals surface area contributed by atoms with Gasteiger partial charge in [0, 0.05) is 11.1 Å². The molecule has 0 aliphatic rings. The highest BCUT2D eigenvalue weighted by atomic mass is 35.5. The van der Waals surface area contributed by atoms with Crippen molar-refractivity contribution in [1.29, 1.82) is 0 Å². The molecule has 0 spiro atoms. The lowest BCUT2D eigenvalue weighted by Crippen LogP contribution is -2.19. The number of hydrogen-bond donors (Lipinski definition) is 3. The maximum atomic E-state index is 12.0. The summed E-state index contributed by atoms with van der Waals surface area (Å²) >= 11 is 3.58. The number of carboxylic acids is 1. The first-order valence-electron chi connectivity index (χ1n) is 7.70. The summed E-state index contributed by atoms with van der Waals surface area (Å²) in [5.41, 5.74) is 1.86. The van der Waals surface area contributed by atoms with E-state index in [2.05, 4.69) is 0 Å². The third-order valence-electron chi connectivity index (χ3n) is 3.84. The number of anilines is 2. The first-order valence-corrected chi connectivity index (χ1v) is 9.14. The van der Waals surface area contributed by atoms with Crippen LogP contribution >= 0.6 is 11.6 Å². The predicted octanol–water partition coefficient (Wildman–Crippen LogP) is 4.69. The zero-order chi connectivity index (χ0) is 19.6. The second-order valence-corrected chi connectivity index (χ2v) is 6.86. The zero-order valence-electron chi connectivity index (χ0n) is 13.7. The van der Waals surface area contributed by atoms with Crippen LogP contribution < -0.4 is 4.31 Å². The van der Waals surface area contributed by atoms with Gasteiger partial charge in [-0.1, -0.05) is 35.9 Å². The maximum absolute atomic E-state index is 12.0. The van der Waals surface area contributed by atoms with E-state index in [1.807, 2.05) is 12.1 Å². The first-order chi connectivity index (χ1) is 12.9. The van der Waals surface area contributed by atoms with Crippen LogP contribution in [0.25, 0.3) is 11.1 Å². The minimum atomic E-state index is -2.45. The highest BCUT2D eigenvalue weighted by Crippen LogP contribution is 2.34. The Bertz CT molecular complexity index is 1040. The fourth-order valence-corrected chi connectivity index (χ4v) is 3.41. The first kappa shape index (κ1) is 18.9. The van der Waals surface area contributed by atoms with Gasteiger partial charge in [-0.05, 0) is 47.5 Å². The number of hydrogen-bond acceptors (Lipinski definition) is 3. The van der Waals surface area contributed by atoms with Gasteiger partial charge in [0.15, 0.2) is 0 Å². The highest BCUT2D eigenvalue weighted by molar-refractivity contribution is 7.81. The summed E-state index contributed by atoms with van der Waals surface area (Å²) in [5, 5.41) is 19.5. The molecular formula is C19H14ClNO5S. The van der Waals surface area contributed by atoms with E-state index < -0.39 is 23.0 Å². The molecule has 6 nitrogen and oxygen atoms in total. The predicted molar refractivity (Wildman–Crippen MR) is 105 cm³/mol. The van der Waals surface area contributed by atoms with Crippen LogP contribution in [0.5, 0.6) is 5.75 Å². The van der Waals surface area contributed by atoms with Gasteiger partial charge in [0.1, 0.15) is 11.3 Å². The molecule has 0 heterocycles. The van der Waals surface area contributed by atoms with Crippen molar-refractivity contribution in [3.63, 3.8) is 0 Å². The average Bonchev–Trinajstić information content (AvgIpc) is 2.61. The molecule has 3 aromatic carbocycles. The second kappa shape index (κ2) is 7.79. The van der Waals surface area contributed by atoms with Gasteiger partial charge >= 0.3 is 5.97 Å². The van der Waals surface area contributed by atoms with Crippen LogP contribution in [0.1, 0.15) is 10.4 Å². The SMILES string of the molecule is O=C(O)c1ccc(N(c2cccc(-c3cccc(Cl)c3)c2)S(=O)O)cc1O. The van der Waals surface area contributed by atoms with Gasteiger partial charge in [0.2, 0.25) is 0 Å². The monoisotopic (exact) mass is 403 g/mol. The van der Waals surface area contributed by atoms with Crippen LogP contribution in [-0.2, 0) is 11.3 Å². The molecule has 1 unspecified atom stereocenters. The molecule has 1 atom stereocenters. The molecule has 0 saturated carbocycles. The molecule has 3 N–H and O–H groups in total. The van der Waals surface area contributed by atoms with Gasteiger partial charge in [0.05, 0.1) is 11.4 Å². The molecule has 0 aromatic heterocycles. The normalized spacial score (nSPS) is 11.8. The van der Waals surface area contributed by atoms with Crippen molar-refractivity contribution < 1.29 is 23.8 Å². The van der Waals surface area contributed by atoms with Gasteiger partial charge in [-0.15, -0.1) is 0 Å². The van der Waals surface area contributed by atoms with E-state index in [0.29, 0.717) is 10.7 Å². The summed E-state index contributed by atoms with van der Waals surface area (Å²) in [6.45, 7) is 0. The summed E-state index contributed by atoms with van der Waals surface area (Å²) in [5.74, 6) is -1.79. The van der Waals surface area contributed by atoms with E-state index in [0.717, 1.165) is 21.5 Å². The Morgan fingerprint density at radius 2 is 1.56 bits per heavy atom. The van der Waals surface area contributed by atoms with Crippen molar-refractivity contribution in [3.8, 4) is 16.9 Å². The summed E-state index contributed by atoms with van der Waals surface area (Å²) in [6, 6.07) is 17.7. The number of nitrogens with zero attached hydrogens (tertiary/aromatic N) is 1. The van der Waals surface area contributed by atoms with Crippen LogP contribution in [0.2, 0.25) is 5.02 Å². The molecule has 3 aromatic rings. The van der Waals surface area contributed by atoms with Crippen LogP contribution in [0.4, 0.5) is 11.4 Å². The number of rotatable bonds is 5. The van der Waals surface area contributed by atoms with E-state index in [9.17, 15) is 18.7 Å². The smallest absolute Gasteiger partial charge is 0.339 e. The number of aromatic hydroxyl groups is 1. The number of phenols is 1. The van der Waals surface area contributed by atoms with E-state index in [1.165, 1.54) is 12.1 Å². The number of halogens is 1. The number of carboxylic acid groups (broad SMARTS) is 1. The van der Waals surface area contributed by atoms with Crippen LogP contribution in [0.15, 0.2) is 66.7 Å². The van der Waals surface area contributed by atoms with Gasteiger partial charge in [-0.2, -0.15) is 0 Å². The number of benzene rings is 3. The second-order valence-electron chi connectivity index (χ2n) is 5.59. The number of carbonyl (C=O) groups is 1. The molecule has 138 valence electrons. The van der Waals surface area contributed by atoms with Gasteiger partial charge in [-0.3, -0.25) is 4.55 Å². The van der Waals surface area contributed by atoms with Crippen molar-refractivity contribution in [2.45, 2.75) is 0 Å². The molecule has 0 aliphatic carbocycles. The van der Waals surface area contributed by atoms with Crippen molar-refractivity contribution in [3.05, 3.63) is 77.3 Å². The minimum absolute atomic E-state index is 0.168. The Morgan fingerprint density at radius 3 is 2.15 bits per heavy atom. The zero-order valence-corrected chi connectivity index (χ0v) is 15.3. The van der Waals surface area contributed by atoms with E-state index >= 15 is 0 Å². The van der Waals surface area contributed by atoms with E-state index in [1.54, 1.807) is 36.4 Å². The average molecular weight is 404 g/mol. The lowest BCUT2D eigenvalue weighted by Gasteiger charge is -2.21. The van der Waals surface area contributed by atoms with Crippen molar-refractivity contribution in [2.75, 3.05) is 4.31 Å².